The van der Waals surface area contributed by atoms with E-state index >= 15 is 0 Å². The first-order chi connectivity index (χ1) is 14.3. The van der Waals surface area contributed by atoms with E-state index in [0.29, 0.717) is 22.9 Å². The SMILES string of the molecule is COC(=O)c1ccc2c(c1)nc(Cc1ccc(C)cc1)n2C1CC(C)CC(C)(C)C1. The van der Waals surface area contributed by atoms with Gasteiger partial charge in [-0.05, 0) is 61.3 Å². The van der Waals surface area contributed by atoms with Gasteiger partial charge in [0.05, 0.1) is 23.7 Å². The number of nitrogens with zero attached hydrogens (tertiary/aromatic N) is 2. The van der Waals surface area contributed by atoms with Gasteiger partial charge in [0.1, 0.15) is 5.82 Å². The maximum Gasteiger partial charge on any atom is 0.337 e. The second-order valence-corrected chi connectivity index (χ2v) is 9.82. The van der Waals surface area contributed by atoms with E-state index in [0.717, 1.165) is 36.1 Å². The summed E-state index contributed by atoms with van der Waals surface area (Å²) < 4.78 is 7.37. The summed E-state index contributed by atoms with van der Waals surface area (Å²) in [5.41, 5.74) is 5.36. The van der Waals surface area contributed by atoms with Crippen LogP contribution in [0, 0.1) is 18.3 Å². The van der Waals surface area contributed by atoms with Crippen LogP contribution in [-0.2, 0) is 11.2 Å². The monoisotopic (exact) mass is 404 g/mol. The molecule has 0 N–H and O–H groups in total. The Kier molecular flexibility index (Phi) is 5.44. The minimum Gasteiger partial charge on any atom is -0.465 e. The molecule has 4 heteroatoms. The number of fused-ring (bicyclic) bond motifs is 1. The number of benzene rings is 2. The third-order valence-corrected chi connectivity index (χ3v) is 6.40. The summed E-state index contributed by atoms with van der Waals surface area (Å²) in [6, 6.07) is 14.9. The zero-order valence-corrected chi connectivity index (χ0v) is 18.7. The van der Waals surface area contributed by atoms with E-state index in [2.05, 4.69) is 56.5 Å². The predicted octanol–water partition coefficient (Wildman–Crippen LogP) is 6.11. The molecule has 4 nitrogen and oxygen atoms in total. The Morgan fingerprint density at radius 3 is 2.57 bits per heavy atom. The molecule has 0 radical (unpaired) electrons. The lowest BCUT2D eigenvalue weighted by Gasteiger charge is -2.40. The Balaban J connectivity index is 1.82. The van der Waals surface area contributed by atoms with Gasteiger partial charge in [0.15, 0.2) is 0 Å². The first-order valence-electron chi connectivity index (χ1n) is 10.9. The van der Waals surface area contributed by atoms with Crippen molar-refractivity contribution in [2.75, 3.05) is 7.11 Å². The molecule has 1 aromatic heterocycles. The van der Waals surface area contributed by atoms with Gasteiger partial charge in [0, 0.05) is 12.5 Å². The fourth-order valence-corrected chi connectivity index (χ4v) is 5.31. The van der Waals surface area contributed by atoms with Crippen LogP contribution in [0.3, 0.4) is 0 Å². The molecule has 0 spiro atoms. The van der Waals surface area contributed by atoms with Gasteiger partial charge < -0.3 is 9.30 Å². The minimum absolute atomic E-state index is 0.312. The molecule has 0 bridgehead atoms. The molecule has 0 saturated heterocycles. The van der Waals surface area contributed by atoms with E-state index < -0.39 is 0 Å². The molecule has 1 aliphatic rings. The second kappa shape index (κ2) is 7.90. The van der Waals surface area contributed by atoms with Crippen LogP contribution in [0.4, 0.5) is 0 Å². The highest BCUT2D eigenvalue weighted by atomic mass is 16.5. The fourth-order valence-electron chi connectivity index (χ4n) is 5.31. The normalized spacial score (nSPS) is 21.0. The summed E-state index contributed by atoms with van der Waals surface area (Å²) >= 11 is 0. The number of hydrogen-bond donors (Lipinski definition) is 0. The maximum absolute atomic E-state index is 12.0. The first kappa shape index (κ1) is 20.6. The predicted molar refractivity (Wildman–Crippen MR) is 121 cm³/mol. The molecule has 4 rings (SSSR count). The van der Waals surface area contributed by atoms with Crippen molar-refractivity contribution in [3.63, 3.8) is 0 Å². The highest BCUT2D eigenvalue weighted by Gasteiger charge is 2.34. The summed E-state index contributed by atoms with van der Waals surface area (Å²) in [5.74, 6) is 1.43. The zero-order valence-electron chi connectivity index (χ0n) is 18.7. The Hall–Kier alpha value is -2.62. The van der Waals surface area contributed by atoms with E-state index in [4.69, 9.17) is 9.72 Å². The number of carbonyl (C=O) groups excluding carboxylic acids is 1. The van der Waals surface area contributed by atoms with E-state index in [-0.39, 0.29) is 5.97 Å². The summed E-state index contributed by atoms with van der Waals surface area (Å²) in [6.45, 7) is 9.23. The third kappa shape index (κ3) is 4.14. The largest absolute Gasteiger partial charge is 0.465 e. The highest BCUT2D eigenvalue weighted by molar-refractivity contribution is 5.93. The molecule has 2 aromatic carbocycles. The van der Waals surface area contributed by atoms with Gasteiger partial charge in [0.2, 0.25) is 0 Å². The van der Waals surface area contributed by atoms with Crippen LogP contribution in [0.25, 0.3) is 11.0 Å². The molecule has 1 saturated carbocycles. The minimum atomic E-state index is -0.320. The summed E-state index contributed by atoms with van der Waals surface area (Å²) in [4.78, 5) is 17.1. The van der Waals surface area contributed by atoms with Crippen molar-refractivity contribution < 1.29 is 9.53 Å². The maximum atomic E-state index is 12.0. The molecular weight excluding hydrogens is 372 g/mol. The molecule has 0 amide bonds. The topological polar surface area (TPSA) is 44.1 Å². The quantitative estimate of drug-likeness (QED) is 0.493. The number of aryl methyl sites for hydroxylation is 1. The van der Waals surface area contributed by atoms with Crippen molar-refractivity contribution in [2.24, 2.45) is 11.3 Å². The molecular formula is C26H32N2O2. The average Bonchev–Trinajstić information content (AvgIpc) is 3.04. The van der Waals surface area contributed by atoms with Gasteiger partial charge >= 0.3 is 5.97 Å². The number of hydrogen-bond acceptors (Lipinski definition) is 3. The van der Waals surface area contributed by atoms with Gasteiger partial charge in [-0.3, -0.25) is 0 Å². The number of aromatic nitrogens is 2. The molecule has 0 aliphatic heterocycles. The Bertz CT molecular complexity index is 1060. The Morgan fingerprint density at radius 1 is 1.17 bits per heavy atom. The number of esters is 1. The molecule has 3 aromatic rings. The number of methoxy groups -OCH3 is 1. The molecule has 158 valence electrons. The van der Waals surface area contributed by atoms with Crippen molar-refractivity contribution in [3.8, 4) is 0 Å². The fraction of sp³-hybridized carbons (Fsp3) is 0.462. The van der Waals surface area contributed by atoms with E-state index in [1.54, 1.807) is 0 Å². The van der Waals surface area contributed by atoms with Crippen LogP contribution in [0.2, 0.25) is 0 Å². The Labute approximate surface area is 179 Å². The first-order valence-corrected chi connectivity index (χ1v) is 10.9. The lowest BCUT2D eigenvalue weighted by atomic mass is 9.70. The van der Waals surface area contributed by atoms with Crippen LogP contribution in [0.15, 0.2) is 42.5 Å². The van der Waals surface area contributed by atoms with Gasteiger partial charge in [-0.2, -0.15) is 0 Å². The van der Waals surface area contributed by atoms with Crippen molar-refractivity contribution in [1.82, 2.24) is 9.55 Å². The van der Waals surface area contributed by atoms with Crippen molar-refractivity contribution in [3.05, 3.63) is 65.0 Å². The molecule has 2 unspecified atom stereocenters. The number of ether oxygens (including phenoxy) is 1. The number of imidazole rings is 1. The molecule has 1 fully saturated rings. The standard InChI is InChI=1S/C26H32N2O2/c1-17-6-8-19(9-7-17)13-24-27-22-14-20(25(29)30-5)10-11-23(22)28(24)21-12-18(2)15-26(3,4)16-21/h6-11,14,18,21H,12-13,15-16H2,1-5H3. The van der Waals surface area contributed by atoms with Crippen molar-refractivity contribution in [2.45, 2.75) is 59.4 Å². The van der Waals surface area contributed by atoms with Crippen molar-refractivity contribution in [1.29, 1.82) is 0 Å². The van der Waals surface area contributed by atoms with Crippen molar-refractivity contribution >= 4 is 17.0 Å². The van der Waals surface area contributed by atoms with E-state index in [1.807, 2.05) is 18.2 Å². The van der Waals surface area contributed by atoms with E-state index in [9.17, 15) is 4.79 Å². The average molecular weight is 405 g/mol. The van der Waals surface area contributed by atoms with Gasteiger partial charge in [-0.1, -0.05) is 50.6 Å². The summed E-state index contributed by atoms with van der Waals surface area (Å²) in [7, 11) is 1.42. The van der Waals surface area contributed by atoms with Gasteiger partial charge in [-0.15, -0.1) is 0 Å². The summed E-state index contributed by atoms with van der Waals surface area (Å²) in [5, 5.41) is 0. The highest BCUT2D eigenvalue weighted by Crippen LogP contribution is 2.45. The number of rotatable bonds is 4. The third-order valence-electron chi connectivity index (χ3n) is 6.40. The lowest BCUT2D eigenvalue weighted by molar-refractivity contribution is 0.0601. The van der Waals surface area contributed by atoms with Crippen LogP contribution in [-0.4, -0.2) is 22.6 Å². The number of carbonyl (C=O) groups is 1. The van der Waals surface area contributed by atoms with E-state index in [1.165, 1.54) is 24.7 Å². The molecule has 2 atom stereocenters. The summed E-state index contributed by atoms with van der Waals surface area (Å²) in [6.07, 6.45) is 4.35. The van der Waals surface area contributed by atoms with Crippen LogP contribution < -0.4 is 0 Å². The molecule has 1 heterocycles. The Morgan fingerprint density at radius 2 is 1.90 bits per heavy atom. The smallest absolute Gasteiger partial charge is 0.337 e. The zero-order chi connectivity index (χ0) is 21.5. The lowest BCUT2D eigenvalue weighted by Crippen LogP contribution is -2.30. The van der Waals surface area contributed by atoms with Crippen LogP contribution in [0.5, 0.6) is 0 Å². The van der Waals surface area contributed by atoms with Gasteiger partial charge in [0.25, 0.3) is 0 Å². The second-order valence-electron chi connectivity index (χ2n) is 9.82. The van der Waals surface area contributed by atoms with Crippen LogP contribution >= 0.6 is 0 Å². The molecule has 1 aliphatic carbocycles. The molecule has 30 heavy (non-hydrogen) atoms. The van der Waals surface area contributed by atoms with Gasteiger partial charge in [-0.25, -0.2) is 9.78 Å². The van der Waals surface area contributed by atoms with Crippen LogP contribution in [0.1, 0.15) is 73.4 Å².